The van der Waals surface area contributed by atoms with Crippen molar-refractivity contribution in [3.8, 4) is 0 Å². The van der Waals surface area contributed by atoms with Crippen LogP contribution in [0, 0.1) is 23.7 Å². The third kappa shape index (κ3) is 63.2. The van der Waals surface area contributed by atoms with E-state index < -0.39 is 97.5 Å². The number of phosphoric acid groups is 2. The van der Waals surface area contributed by atoms with Gasteiger partial charge >= 0.3 is 39.5 Å². The van der Waals surface area contributed by atoms with Gasteiger partial charge < -0.3 is 33.8 Å². The highest BCUT2D eigenvalue weighted by molar-refractivity contribution is 7.47. The van der Waals surface area contributed by atoms with E-state index in [0.717, 1.165) is 114 Å². The second-order valence-electron chi connectivity index (χ2n) is 26.9. The summed E-state index contributed by atoms with van der Waals surface area (Å²) in [5, 5.41) is 10.6. The van der Waals surface area contributed by atoms with Crippen LogP contribution in [0.1, 0.15) is 344 Å². The number of rotatable bonds is 67. The van der Waals surface area contributed by atoms with Crippen molar-refractivity contribution >= 4 is 39.5 Å². The van der Waals surface area contributed by atoms with Gasteiger partial charge in [-0.25, -0.2) is 9.13 Å². The van der Waals surface area contributed by atoms with E-state index in [1.807, 2.05) is 0 Å². The molecule has 89 heavy (non-hydrogen) atoms. The van der Waals surface area contributed by atoms with Gasteiger partial charge in [0.25, 0.3) is 0 Å². The van der Waals surface area contributed by atoms with E-state index in [-0.39, 0.29) is 25.7 Å². The molecule has 19 heteroatoms. The third-order valence-electron chi connectivity index (χ3n) is 16.4. The Bertz CT molecular complexity index is 1770. The summed E-state index contributed by atoms with van der Waals surface area (Å²) in [6.45, 7) is 14.1. The van der Waals surface area contributed by atoms with Crippen molar-refractivity contribution in [3.63, 3.8) is 0 Å². The van der Waals surface area contributed by atoms with Crippen molar-refractivity contribution in [1.82, 2.24) is 0 Å². The molecule has 0 bridgehead atoms. The molecule has 0 aromatic rings. The lowest BCUT2D eigenvalue weighted by atomic mass is 9.99. The van der Waals surface area contributed by atoms with Gasteiger partial charge in [0.15, 0.2) is 12.2 Å². The number of carbonyl (C=O) groups excluding carboxylic acids is 4. The summed E-state index contributed by atoms with van der Waals surface area (Å²) in [5.41, 5.74) is 0. The summed E-state index contributed by atoms with van der Waals surface area (Å²) < 4.78 is 68.3. The second-order valence-corrected chi connectivity index (χ2v) is 29.8. The molecule has 0 rings (SSSR count). The SMILES string of the molecule is CCC(C)CCCCCCCCCCC(=O)OC[C@H](COP(=O)(O)OCC(O)COP(=O)(O)OC[C@@H](COC(=O)CCCCCCCCCC(C)C)OC(=O)CCCCCCCCCCC(C)C)OC(=O)CCCCCCCCCCCCCCCC(C)C. The van der Waals surface area contributed by atoms with Crippen molar-refractivity contribution in [1.29, 1.82) is 0 Å². The van der Waals surface area contributed by atoms with E-state index in [0.29, 0.717) is 31.6 Å². The predicted molar refractivity (Wildman–Crippen MR) is 358 cm³/mol. The molecule has 4 unspecified atom stereocenters. The first-order valence-corrected chi connectivity index (χ1v) is 39.2. The average molecular weight is 1310 g/mol. The third-order valence-corrected chi connectivity index (χ3v) is 18.3. The number of unbranched alkanes of at least 4 members (excludes halogenated alkanes) is 32. The molecule has 17 nitrogen and oxygen atoms in total. The molecule has 0 spiro atoms. The zero-order chi connectivity index (χ0) is 66.1. The first kappa shape index (κ1) is 87.1. The average Bonchev–Trinajstić information content (AvgIpc) is 3.57. The van der Waals surface area contributed by atoms with Crippen LogP contribution in [0.3, 0.4) is 0 Å². The largest absolute Gasteiger partial charge is 0.472 e. The molecule has 0 aromatic heterocycles. The first-order chi connectivity index (χ1) is 42.6. The van der Waals surface area contributed by atoms with Crippen molar-refractivity contribution in [2.24, 2.45) is 23.7 Å². The molecule has 0 heterocycles. The van der Waals surface area contributed by atoms with Crippen LogP contribution in [0.4, 0.5) is 0 Å². The highest BCUT2D eigenvalue weighted by atomic mass is 31.2. The number of hydrogen-bond acceptors (Lipinski definition) is 15. The lowest BCUT2D eigenvalue weighted by molar-refractivity contribution is -0.161. The molecular weight excluding hydrogens is 1170 g/mol. The lowest BCUT2D eigenvalue weighted by Gasteiger charge is -2.21. The number of phosphoric ester groups is 2. The zero-order valence-electron chi connectivity index (χ0n) is 58.1. The van der Waals surface area contributed by atoms with Gasteiger partial charge in [-0.05, 0) is 49.4 Å². The van der Waals surface area contributed by atoms with E-state index in [2.05, 4.69) is 55.4 Å². The Morgan fingerprint density at radius 3 is 0.798 bits per heavy atom. The van der Waals surface area contributed by atoms with Crippen molar-refractivity contribution < 1.29 is 80.2 Å². The van der Waals surface area contributed by atoms with Crippen LogP contribution in [0.25, 0.3) is 0 Å². The quantitative estimate of drug-likeness (QED) is 0.0222. The summed E-state index contributed by atoms with van der Waals surface area (Å²) in [6.07, 6.45) is 41.7. The molecule has 0 aliphatic carbocycles. The highest BCUT2D eigenvalue weighted by Gasteiger charge is 2.30. The Labute approximate surface area is 543 Å². The molecule has 0 aliphatic rings. The van der Waals surface area contributed by atoms with Crippen LogP contribution in [-0.4, -0.2) is 96.7 Å². The van der Waals surface area contributed by atoms with E-state index >= 15 is 0 Å². The summed E-state index contributed by atoms with van der Waals surface area (Å²) in [5.74, 6) is 0.856. The minimum atomic E-state index is -4.95. The monoisotopic (exact) mass is 1310 g/mol. The molecule has 3 N–H and O–H groups in total. The first-order valence-electron chi connectivity index (χ1n) is 36.2. The Morgan fingerprint density at radius 2 is 0.539 bits per heavy atom. The van der Waals surface area contributed by atoms with E-state index in [9.17, 15) is 43.2 Å². The maximum absolute atomic E-state index is 13.0. The number of aliphatic hydroxyl groups excluding tert-OH is 1. The molecule has 0 aliphatic heterocycles. The standard InChI is InChI=1S/C70H136O17P2/c1-9-63(8)49-41-33-25-18-20-26-34-42-50-67(72)80-56-65(86-69(74)52-44-36-27-16-14-12-10-11-13-15-22-30-38-46-60(2)3)58-84-88(76,77)82-54-64(71)55-83-89(78,79)85-59-66(57-81-68(73)51-43-35-29-21-24-32-40-48-62(6)7)87-70(75)53-45-37-28-19-17-23-31-39-47-61(4)5/h60-66,71H,9-59H2,1-8H3,(H,76,77)(H,78,79)/t63?,64?,65-,66-/m1/s1. The van der Waals surface area contributed by atoms with Gasteiger partial charge in [0.1, 0.15) is 19.3 Å². The smallest absolute Gasteiger partial charge is 0.462 e. The molecular formula is C70H136O17P2. The summed E-state index contributed by atoms with van der Waals surface area (Å²) in [4.78, 5) is 72.5. The Morgan fingerprint density at radius 1 is 0.315 bits per heavy atom. The Hall–Kier alpha value is -1.94. The topological polar surface area (TPSA) is 237 Å². The molecule has 0 fully saturated rings. The van der Waals surface area contributed by atoms with Gasteiger partial charge in [-0.2, -0.15) is 0 Å². The second kappa shape index (κ2) is 59.8. The van der Waals surface area contributed by atoms with Gasteiger partial charge in [0.05, 0.1) is 26.4 Å². The molecule has 528 valence electrons. The fourth-order valence-electron chi connectivity index (χ4n) is 10.5. The summed E-state index contributed by atoms with van der Waals surface area (Å²) in [7, 11) is -9.90. The van der Waals surface area contributed by atoms with Gasteiger partial charge in [0, 0.05) is 25.7 Å². The van der Waals surface area contributed by atoms with Gasteiger partial charge in [-0.1, -0.05) is 293 Å². The maximum Gasteiger partial charge on any atom is 0.472 e. The summed E-state index contributed by atoms with van der Waals surface area (Å²) in [6, 6.07) is 0. The van der Waals surface area contributed by atoms with Crippen LogP contribution >= 0.6 is 15.6 Å². The number of ether oxygens (including phenoxy) is 4. The number of esters is 4. The lowest BCUT2D eigenvalue weighted by Crippen LogP contribution is -2.30. The zero-order valence-corrected chi connectivity index (χ0v) is 59.8. The number of aliphatic hydroxyl groups is 1. The van der Waals surface area contributed by atoms with Crippen LogP contribution in [0.2, 0.25) is 0 Å². The molecule has 0 amide bonds. The normalized spacial score (nSPS) is 14.6. The highest BCUT2D eigenvalue weighted by Crippen LogP contribution is 2.45. The minimum Gasteiger partial charge on any atom is -0.462 e. The van der Waals surface area contributed by atoms with Crippen molar-refractivity contribution in [2.75, 3.05) is 39.6 Å². The summed E-state index contributed by atoms with van der Waals surface area (Å²) >= 11 is 0. The Kier molecular flexibility index (Phi) is 58.5. The minimum absolute atomic E-state index is 0.103. The fraction of sp³-hybridized carbons (Fsp3) is 0.943. The van der Waals surface area contributed by atoms with Gasteiger partial charge in [-0.15, -0.1) is 0 Å². The fourth-order valence-corrected chi connectivity index (χ4v) is 12.0. The van der Waals surface area contributed by atoms with Gasteiger partial charge in [-0.3, -0.25) is 37.3 Å². The van der Waals surface area contributed by atoms with E-state index in [1.54, 1.807) is 0 Å². The molecule has 0 aromatic carbocycles. The van der Waals surface area contributed by atoms with Crippen LogP contribution < -0.4 is 0 Å². The van der Waals surface area contributed by atoms with Gasteiger partial charge in [0.2, 0.25) is 0 Å². The molecule has 6 atom stereocenters. The van der Waals surface area contributed by atoms with Crippen LogP contribution in [0.5, 0.6) is 0 Å². The van der Waals surface area contributed by atoms with Crippen LogP contribution in [0.15, 0.2) is 0 Å². The number of carbonyl (C=O) groups is 4. The van der Waals surface area contributed by atoms with E-state index in [1.165, 1.54) is 141 Å². The molecule has 0 saturated carbocycles. The predicted octanol–water partition coefficient (Wildman–Crippen LogP) is 19.7. The molecule has 0 radical (unpaired) electrons. The van der Waals surface area contributed by atoms with Crippen LogP contribution in [-0.2, 0) is 65.4 Å². The maximum atomic E-state index is 13.0. The van der Waals surface area contributed by atoms with E-state index in [4.69, 9.17) is 37.0 Å². The Balaban J connectivity index is 5.25. The number of hydrogen-bond donors (Lipinski definition) is 3. The van der Waals surface area contributed by atoms with Crippen molar-refractivity contribution in [3.05, 3.63) is 0 Å². The van der Waals surface area contributed by atoms with Crippen molar-refractivity contribution in [2.45, 2.75) is 363 Å². The molecule has 0 saturated heterocycles.